The Morgan fingerprint density at radius 3 is 2.32 bits per heavy atom. The monoisotopic (exact) mass is 345 g/mol. The molecule has 1 N–H and O–H groups in total. The van der Waals surface area contributed by atoms with Crippen molar-refractivity contribution >= 4 is 25.8 Å². The summed E-state index contributed by atoms with van der Waals surface area (Å²) in [6.07, 6.45) is 5.21. The molecule has 22 heavy (non-hydrogen) atoms. The summed E-state index contributed by atoms with van der Waals surface area (Å²) in [5.41, 5.74) is 0. The standard InChI is InChI=1S/C14H19NO5S2/c1-21(17,18)12-7-4-8-13(10-12)22(19,20)15-14(16)9-11-5-2-3-6-11/h4,7-8,10-11H,2-3,5-6,9H2,1H3,(H,15,16). The van der Waals surface area contributed by atoms with Crippen LogP contribution in [0.4, 0.5) is 0 Å². The molecule has 0 radical (unpaired) electrons. The van der Waals surface area contributed by atoms with E-state index in [0.717, 1.165) is 38.0 Å². The summed E-state index contributed by atoms with van der Waals surface area (Å²) >= 11 is 0. The van der Waals surface area contributed by atoms with Crippen molar-refractivity contribution in [2.45, 2.75) is 41.9 Å². The van der Waals surface area contributed by atoms with Gasteiger partial charge in [0.1, 0.15) is 0 Å². The van der Waals surface area contributed by atoms with Crippen LogP contribution >= 0.6 is 0 Å². The number of sulfone groups is 1. The van der Waals surface area contributed by atoms with Crippen molar-refractivity contribution in [3.8, 4) is 0 Å². The predicted octanol–water partition coefficient (Wildman–Crippen LogP) is 1.48. The van der Waals surface area contributed by atoms with Crippen LogP contribution in [0.3, 0.4) is 0 Å². The average Bonchev–Trinajstić information content (AvgIpc) is 2.90. The molecule has 0 spiro atoms. The molecule has 1 aliphatic rings. The Hall–Kier alpha value is -1.41. The van der Waals surface area contributed by atoms with Gasteiger partial charge in [-0.25, -0.2) is 21.6 Å². The van der Waals surface area contributed by atoms with Gasteiger partial charge in [0.25, 0.3) is 10.0 Å². The second-order valence-corrected chi connectivity index (χ2v) is 9.33. The van der Waals surface area contributed by atoms with Crippen LogP contribution in [0, 0.1) is 5.92 Å². The molecule has 0 aromatic heterocycles. The molecule has 1 aromatic carbocycles. The molecule has 6 nitrogen and oxygen atoms in total. The van der Waals surface area contributed by atoms with Gasteiger partial charge in [-0.05, 0) is 37.0 Å². The molecule has 1 aromatic rings. The van der Waals surface area contributed by atoms with Crippen molar-refractivity contribution in [3.05, 3.63) is 24.3 Å². The molecule has 8 heteroatoms. The van der Waals surface area contributed by atoms with Gasteiger partial charge in [0.2, 0.25) is 5.91 Å². The molecule has 0 aliphatic heterocycles. The van der Waals surface area contributed by atoms with E-state index in [9.17, 15) is 21.6 Å². The van der Waals surface area contributed by atoms with Crippen molar-refractivity contribution in [3.63, 3.8) is 0 Å². The van der Waals surface area contributed by atoms with Gasteiger partial charge >= 0.3 is 0 Å². The van der Waals surface area contributed by atoms with Crippen molar-refractivity contribution < 1.29 is 21.6 Å². The largest absolute Gasteiger partial charge is 0.274 e. The number of amides is 1. The summed E-state index contributed by atoms with van der Waals surface area (Å²) in [4.78, 5) is 11.5. The lowest BCUT2D eigenvalue weighted by molar-refractivity contribution is -0.120. The quantitative estimate of drug-likeness (QED) is 0.871. The van der Waals surface area contributed by atoms with E-state index in [2.05, 4.69) is 0 Å². The first-order valence-corrected chi connectivity index (χ1v) is 10.4. The molecule has 0 bridgehead atoms. The van der Waals surface area contributed by atoms with Crippen LogP contribution in [-0.4, -0.2) is 29.0 Å². The van der Waals surface area contributed by atoms with Gasteiger partial charge in [-0.3, -0.25) is 4.79 Å². The van der Waals surface area contributed by atoms with Gasteiger partial charge in [0.15, 0.2) is 9.84 Å². The third kappa shape index (κ3) is 4.30. The van der Waals surface area contributed by atoms with Crippen LogP contribution in [0.25, 0.3) is 0 Å². The van der Waals surface area contributed by atoms with Crippen molar-refractivity contribution in [2.75, 3.05) is 6.26 Å². The van der Waals surface area contributed by atoms with Crippen LogP contribution in [0.5, 0.6) is 0 Å². The number of nitrogens with one attached hydrogen (secondary N) is 1. The lowest BCUT2D eigenvalue weighted by Gasteiger charge is -2.10. The molecule has 1 aliphatic carbocycles. The molecular weight excluding hydrogens is 326 g/mol. The molecule has 1 amide bonds. The molecule has 0 heterocycles. The first-order chi connectivity index (χ1) is 10.2. The summed E-state index contributed by atoms with van der Waals surface area (Å²) in [6.45, 7) is 0. The van der Waals surface area contributed by atoms with E-state index in [-0.39, 0.29) is 22.1 Å². The average molecular weight is 345 g/mol. The zero-order chi connectivity index (χ0) is 16.4. The van der Waals surface area contributed by atoms with Gasteiger partial charge in [0.05, 0.1) is 9.79 Å². The molecule has 1 saturated carbocycles. The normalized spacial score (nSPS) is 16.6. The van der Waals surface area contributed by atoms with Crippen LogP contribution < -0.4 is 4.72 Å². The minimum atomic E-state index is -4.05. The summed E-state index contributed by atoms with van der Waals surface area (Å²) in [5.74, 6) is -0.311. The van der Waals surface area contributed by atoms with E-state index in [1.54, 1.807) is 0 Å². The fourth-order valence-corrected chi connectivity index (χ4v) is 4.38. The zero-order valence-electron chi connectivity index (χ0n) is 12.3. The van der Waals surface area contributed by atoms with E-state index in [0.29, 0.717) is 0 Å². The highest BCUT2D eigenvalue weighted by molar-refractivity contribution is 7.91. The fourth-order valence-electron chi connectivity index (χ4n) is 2.60. The van der Waals surface area contributed by atoms with Gasteiger partial charge < -0.3 is 0 Å². The zero-order valence-corrected chi connectivity index (χ0v) is 13.9. The molecule has 0 unspecified atom stereocenters. The van der Waals surface area contributed by atoms with E-state index in [1.807, 2.05) is 4.72 Å². The highest BCUT2D eigenvalue weighted by atomic mass is 32.2. The summed E-state index contributed by atoms with van der Waals surface area (Å²) in [6, 6.07) is 4.97. The highest BCUT2D eigenvalue weighted by Crippen LogP contribution is 2.27. The maximum atomic E-state index is 12.2. The van der Waals surface area contributed by atoms with Gasteiger partial charge in [-0.2, -0.15) is 0 Å². The number of rotatable bonds is 5. The fraction of sp³-hybridized carbons (Fsp3) is 0.500. The van der Waals surface area contributed by atoms with E-state index in [4.69, 9.17) is 0 Å². The maximum Gasteiger partial charge on any atom is 0.264 e. The molecule has 122 valence electrons. The van der Waals surface area contributed by atoms with Crippen LogP contribution in [0.15, 0.2) is 34.1 Å². The second kappa shape index (κ2) is 6.37. The number of carbonyl (C=O) groups excluding carboxylic acids is 1. The SMILES string of the molecule is CS(=O)(=O)c1cccc(S(=O)(=O)NC(=O)CC2CCCC2)c1. The Labute approximate surface area is 130 Å². The Morgan fingerprint density at radius 1 is 1.14 bits per heavy atom. The van der Waals surface area contributed by atoms with Gasteiger partial charge in [-0.1, -0.05) is 18.9 Å². The summed E-state index contributed by atoms with van der Waals surface area (Å²) < 4.78 is 49.3. The van der Waals surface area contributed by atoms with Crippen molar-refractivity contribution in [1.82, 2.24) is 4.72 Å². The van der Waals surface area contributed by atoms with Crippen LogP contribution in [-0.2, 0) is 24.7 Å². The first kappa shape index (κ1) is 17.0. The lowest BCUT2D eigenvalue weighted by Crippen LogP contribution is -2.31. The lowest BCUT2D eigenvalue weighted by atomic mass is 10.0. The molecular formula is C14H19NO5S2. The Kier molecular flexibility index (Phi) is 4.91. The summed E-state index contributed by atoms with van der Waals surface area (Å²) in [7, 11) is -7.56. The second-order valence-electron chi connectivity index (χ2n) is 5.63. The van der Waals surface area contributed by atoms with Gasteiger partial charge in [-0.15, -0.1) is 0 Å². The topological polar surface area (TPSA) is 97.4 Å². The Balaban J connectivity index is 2.14. The molecule has 0 atom stereocenters. The molecule has 1 fully saturated rings. The number of hydrogen-bond donors (Lipinski definition) is 1. The molecule has 2 rings (SSSR count). The van der Waals surface area contributed by atoms with Crippen molar-refractivity contribution in [1.29, 1.82) is 0 Å². The number of hydrogen-bond acceptors (Lipinski definition) is 5. The Morgan fingerprint density at radius 2 is 1.73 bits per heavy atom. The van der Waals surface area contributed by atoms with Crippen LogP contribution in [0.1, 0.15) is 32.1 Å². The smallest absolute Gasteiger partial charge is 0.264 e. The van der Waals surface area contributed by atoms with Crippen molar-refractivity contribution in [2.24, 2.45) is 5.92 Å². The first-order valence-electron chi connectivity index (χ1n) is 7.04. The van der Waals surface area contributed by atoms with Crippen LogP contribution in [0.2, 0.25) is 0 Å². The number of sulfonamides is 1. The Bertz CT molecular complexity index is 762. The van der Waals surface area contributed by atoms with E-state index >= 15 is 0 Å². The third-order valence-electron chi connectivity index (χ3n) is 3.74. The van der Waals surface area contributed by atoms with E-state index < -0.39 is 25.8 Å². The minimum absolute atomic E-state index is 0.0985. The minimum Gasteiger partial charge on any atom is -0.274 e. The molecule has 0 saturated heterocycles. The number of benzene rings is 1. The van der Waals surface area contributed by atoms with Gasteiger partial charge in [0, 0.05) is 12.7 Å². The van der Waals surface area contributed by atoms with E-state index in [1.165, 1.54) is 18.2 Å². The predicted molar refractivity (Wildman–Crippen MR) is 81.5 cm³/mol. The third-order valence-corrected chi connectivity index (χ3v) is 6.22. The summed E-state index contributed by atoms with van der Waals surface area (Å²) in [5, 5.41) is 0. The number of carbonyl (C=O) groups is 1. The highest BCUT2D eigenvalue weighted by Gasteiger charge is 2.23. The maximum absolute atomic E-state index is 12.2.